The van der Waals surface area contributed by atoms with Crippen LogP contribution in [0.1, 0.15) is 44.1 Å². The molecule has 1 N–H and O–H groups in total. The van der Waals surface area contributed by atoms with Gasteiger partial charge in [0.05, 0.1) is 0 Å². The molecule has 1 aromatic rings. The van der Waals surface area contributed by atoms with Gasteiger partial charge in [-0.3, -0.25) is 4.90 Å². The molecule has 0 bridgehead atoms. The molecule has 1 fully saturated rings. The van der Waals surface area contributed by atoms with Gasteiger partial charge in [-0.05, 0) is 33.0 Å². The second-order valence-corrected chi connectivity index (χ2v) is 5.96. The van der Waals surface area contributed by atoms with Crippen LogP contribution in [0, 0.1) is 5.82 Å². The van der Waals surface area contributed by atoms with Crippen LogP contribution in [0.3, 0.4) is 0 Å². The lowest BCUT2D eigenvalue weighted by Gasteiger charge is -2.36. The van der Waals surface area contributed by atoms with Crippen LogP contribution >= 0.6 is 0 Å². The first kappa shape index (κ1) is 15.5. The summed E-state index contributed by atoms with van der Waals surface area (Å²) < 4.78 is 13.8. The topological polar surface area (TPSA) is 15.3 Å². The molecule has 20 heavy (non-hydrogen) atoms. The number of nitrogens with one attached hydrogen (secondary N) is 1. The van der Waals surface area contributed by atoms with Crippen molar-refractivity contribution in [3.05, 3.63) is 35.6 Å². The van der Waals surface area contributed by atoms with E-state index < -0.39 is 0 Å². The molecule has 1 aliphatic carbocycles. The van der Waals surface area contributed by atoms with E-state index in [9.17, 15) is 4.39 Å². The Morgan fingerprint density at radius 1 is 1.15 bits per heavy atom. The molecule has 0 heterocycles. The Bertz CT molecular complexity index is 408. The summed E-state index contributed by atoms with van der Waals surface area (Å²) in [6, 6.07) is 8.14. The Balaban J connectivity index is 2.04. The van der Waals surface area contributed by atoms with Gasteiger partial charge in [0.2, 0.25) is 0 Å². The van der Waals surface area contributed by atoms with Crippen LogP contribution in [0.15, 0.2) is 24.3 Å². The van der Waals surface area contributed by atoms with E-state index in [4.69, 9.17) is 0 Å². The highest BCUT2D eigenvalue weighted by molar-refractivity contribution is 5.17. The molecule has 1 aromatic carbocycles. The van der Waals surface area contributed by atoms with Crippen LogP contribution in [-0.2, 0) is 6.54 Å². The van der Waals surface area contributed by atoms with E-state index in [0.717, 1.165) is 5.56 Å². The minimum Gasteiger partial charge on any atom is -0.315 e. The van der Waals surface area contributed by atoms with Gasteiger partial charge < -0.3 is 5.32 Å². The fourth-order valence-corrected chi connectivity index (χ4v) is 3.34. The van der Waals surface area contributed by atoms with Crippen molar-refractivity contribution >= 4 is 0 Å². The lowest BCUT2D eigenvalue weighted by atomic mass is 9.91. The molecule has 0 radical (unpaired) electrons. The zero-order valence-corrected chi connectivity index (χ0v) is 12.7. The molecular weight excluding hydrogens is 251 g/mol. The number of rotatable bonds is 4. The number of benzene rings is 1. The van der Waals surface area contributed by atoms with Gasteiger partial charge in [0.15, 0.2) is 0 Å². The van der Waals surface area contributed by atoms with Crippen molar-refractivity contribution in [3.8, 4) is 0 Å². The van der Waals surface area contributed by atoms with E-state index in [1.165, 1.54) is 38.5 Å². The Morgan fingerprint density at radius 2 is 1.85 bits per heavy atom. The second-order valence-electron chi connectivity index (χ2n) is 5.96. The maximum absolute atomic E-state index is 13.8. The molecule has 2 nitrogen and oxygen atoms in total. The average Bonchev–Trinajstić information content (AvgIpc) is 2.41. The number of hydrogen-bond donors (Lipinski definition) is 1. The summed E-state index contributed by atoms with van der Waals surface area (Å²) in [6.45, 7) is 0.690. The predicted octanol–water partition coefficient (Wildman–Crippen LogP) is 3.57. The summed E-state index contributed by atoms with van der Waals surface area (Å²) >= 11 is 0. The van der Waals surface area contributed by atoms with E-state index >= 15 is 0 Å². The molecule has 2 unspecified atom stereocenters. The molecule has 0 aliphatic heterocycles. The van der Waals surface area contributed by atoms with E-state index in [2.05, 4.69) is 24.3 Å². The molecule has 1 aliphatic rings. The Kier molecular flexibility index (Phi) is 5.99. The first-order chi connectivity index (χ1) is 9.72. The highest BCUT2D eigenvalue weighted by atomic mass is 19.1. The normalized spacial score (nSPS) is 24.4. The second kappa shape index (κ2) is 7.75. The monoisotopic (exact) mass is 278 g/mol. The first-order valence-electron chi connectivity index (χ1n) is 7.83. The molecule has 112 valence electrons. The fraction of sp³-hybridized carbons (Fsp3) is 0.647. The van der Waals surface area contributed by atoms with Gasteiger partial charge in [-0.15, -0.1) is 0 Å². The summed E-state index contributed by atoms with van der Waals surface area (Å²) in [6.07, 6.45) is 7.70. The largest absolute Gasteiger partial charge is 0.315 e. The maximum Gasteiger partial charge on any atom is 0.127 e. The molecule has 0 aromatic heterocycles. The number of nitrogens with zero attached hydrogens (tertiary/aromatic N) is 1. The fourth-order valence-electron chi connectivity index (χ4n) is 3.34. The lowest BCUT2D eigenvalue weighted by molar-refractivity contribution is 0.159. The van der Waals surface area contributed by atoms with Crippen molar-refractivity contribution in [1.29, 1.82) is 0 Å². The lowest BCUT2D eigenvalue weighted by Crippen LogP contribution is -2.47. The number of halogens is 1. The number of hydrogen-bond acceptors (Lipinski definition) is 2. The molecule has 2 rings (SSSR count). The standard InChI is InChI=1S/C17H27FN2/c1-19-16-11-5-3-4-6-12-17(16)20(2)13-14-9-7-8-10-15(14)18/h7-10,16-17,19H,3-6,11-13H2,1-2H3. The van der Waals surface area contributed by atoms with Crippen molar-refractivity contribution in [2.75, 3.05) is 14.1 Å². The molecule has 1 saturated carbocycles. The van der Waals surface area contributed by atoms with E-state index in [1.807, 2.05) is 12.1 Å². The molecule has 0 spiro atoms. The highest BCUT2D eigenvalue weighted by Gasteiger charge is 2.25. The quantitative estimate of drug-likeness (QED) is 0.906. The van der Waals surface area contributed by atoms with Gasteiger partial charge in [-0.25, -0.2) is 4.39 Å². The van der Waals surface area contributed by atoms with Crippen molar-refractivity contribution in [1.82, 2.24) is 10.2 Å². The van der Waals surface area contributed by atoms with Crippen molar-refractivity contribution in [3.63, 3.8) is 0 Å². The molecular formula is C17H27FN2. The first-order valence-corrected chi connectivity index (χ1v) is 7.83. The minimum absolute atomic E-state index is 0.0915. The minimum atomic E-state index is -0.0915. The van der Waals surface area contributed by atoms with Crippen LogP contribution in [0.25, 0.3) is 0 Å². The summed E-state index contributed by atoms with van der Waals surface area (Å²) in [7, 11) is 4.18. The van der Waals surface area contributed by atoms with Crippen LogP contribution < -0.4 is 5.32 Å². The van der Waals surface area contributed by atoms with E-state index in [1.54, 1.807) is 12.1 Å². The third-order valence-electron chi connectivity index (χ3n) is 4.54. The zero-order valence-electron chi connectivity index (χ0n) is 12.7. The smallest absolute Gasteiger partial charge is 0.127 e. The van der Waals surface area contributed by atoms with Crippen LogP contribution in [0.4, 0.5) is 4.39 Å². The maximum atomic E-state index is 13.8. The summed E-state index contributed by atoms with van der Waals surface area (Å²) in [5, 5.41) is 3.47. The average molecular weight is 278 g/mol. The van der Waals surface area contributed by atoms with Gasteiger partial charge in [-0.2, -0.15) is 0 Å². The van der Waals surface area contributed by atoms with Crippen LogP contribution in [0.2, 0.25) is 0 Å². The van der Waals surface area contributed by atoms with E-state index in [-0.39, 0.29) is 5.82 Å². The van der Waals surface area contributed by atoms with Crippen molar-refractivity contribution in [2.45, 2.75) is 57.2 Å². The number of likely N-dealkylation sites (N-methyl/N-ethyl adjacent to an activating group) is 2. The molecule has 3 heteroatoms. The molecule has 0 saturated heterocycles. The Hall–Kier alpha value is -0.930. The predicted molar refractivity (Wildman–Crippen MR) is 82.2 cm³/mol. The Morgan fingerprint density at radius 3 is 2.55 bits per heavy atom. The van der Waals surface area contributed by atoms with Gasteiger partial charge in [-0.1, -0.05) is 43.9 Å². The summed E-state index contributed by atoms with van der Waals surface area (Å²) in [5.74, 6) is -0.0915. The van der Waals surface area contributed by atoms with E-state index in [0.29, 0.717) is 18.6 Å². The van der Waals surface area contributed by atoms with Gasteiger partial charge in [0.1, 0.15) is 5.82 Å². The third-order valence-corrected chi connectivity index (χ3v) is 4.54. The van der Waals surface area contributed by atoms with Crippen molar-refractivity contribution in [2.24, 2.45) is 0 Å². The highest BCUT2D eigenvalue weighted by Crippen LogP contribution is 2.23. The molecule has 0 amide bonds. The third kappa shape index (κ3) is 4.03. The summed E-state index contributed by atoms with van der Waals surface area (Å²) in [5.41, 5.74) is 0.798. The van der Waals surface area contributed by atoms with Crippen LogP contribution in [0.5, 0.6) is 0 Å². The SMILES string of the molecule is CNC1CCCCCCC1N(C)Cc1ccccc1F. The summed E-state index contributed by atoms with van der Waals surface area (Å²) in [4.78, 5) is 2.32. The van der Waals surface area contributed by atoms with Gasteiger partial charge >= 0.3 is 0 Å². The zero-order chi connectivity index (χ0) is 14.4. The molecule has 2 atom stereocenters. The van der Waals surface area contributed by atoms with Gasteiger partial charge in [0.25, 0.3) is 0 Å². The van der Waals surface area contributed by atoms with Gasteiger partial charge in [0, 0.05) is 24.2 Å². The van der Waals surface area contributed by atoms with Crippen molar-refractivity contribution < 1.29 is 4.39 Å². The van der Waals surface area contributed by atoms with Crippen LogP contribution in [-0.4, -0.2) is 31.1 Å². The Labute approximate surface area is 122 Å².